The minimum atomic E-state index is -4.73. The van der Waals surface area contributed by atoms with Crippen molar-refractivity contribution in [1.29, 1.82) is 0 Å². The molecule has 1 aromatic carbocycles. The van der Waals surface area contributed by atoms with Crippen LogP contribution < -0.4 is 5.69 Å². The number of piperidine rings is 1. The van der Waals surface area contributed by atoms with E-state index < -0.39 is 33.8 Å². The Morgan fingerprint density at radius 2 is 1.75 bits per heavy atom. The molecule has 3 rings (SSSR count). The Morgan fingerprint density at radius 3 is 2.25 bits per heavy atom. The second kappa shape index (κ2) is 7.03. The van der Waals surface area contributed by atoms with Gasteiger partial charge >= 0.3 is 11.9 Å². The number of hydrogen-bond acceptors (Lipinski definition) is 4. The lowest BCUT2D eigenvalue weighted by Crippen LogP contribution is -2.41. The first-order chi connectivity index (χ1) is 12.9. The highest BCUT2D eigenvalue weighted by atomic mass is 32.2. The van der Waals surface area contributed by atoms with Crippen LogP contribution in [-0.2, 0) is 23.2 Å². The van der Waals surface area contributed by atoms with Gasteiger partial charge < -0.3 is 0 Å². The lowest BCUT2D eigenvalue weighted by atomic mass is 10.1. The van der Waals surface area contributed by atoms with Crippen LogP contribution in [0.5, 0.6) is 0 Å². The van der Waals surface area contributed by atoms with E-state index in [4.69, 9.17) is 0 Å². The monoisotopic (exact) mass is 418 g/mol. The summed E-state index contributed by atoms with van der Waals surface area (Å²) in [7, 11) is -2.69. The molecule has 28 heavy (non-hydrogen) atoms. The van der Waals surface area contributed by atoms with Gasteiger partial charge in [0, 0.05) is 20.1 Å². The van der Waals surface area contributed by atoms with Crippen molar-refractivity contribution in [3.63, 3.8) is 0 Å². The van der Waals surface area contributed by atoms with Gasteiger partial charge in [0.05, 0.1) is 10.9 Å². The Bertz CT molecular complexity index is 1050. The number of benzene rings is 1. The predicted octanol–water partition coefficient (Wildman–Crippen LogP) is 2.24. The van der Waals surface area contributed by atoms with Gasteiger partial charge in [-0.2, -0.15) is 17.5 Å². The first kappa shape index (κ1) is 20.6. The average molecular weight is 418 g/mol. The number of rotatable bonds is 3. The van der Waals surface area contributed by atoms with E-state index in [1.807, 2.05) is 6.92 Å². The summed E-state index contributed by atoms with van der Waals surface area (Å²) < 4.78 is 67.3. The van der Waals surface area contributed by atoms with E-state index in [0.717, 1.165) is 17.3 Å². The maximum atomic E-state index is 13.0. The van der Waals surface area contributed by atoms with E-state index in [9.17, 15) is 26.4 Å². The number of hydrogen-bond donors (Lipinski definition) is 0. The molecule has 0 saturated carbocycles. The van der Waals surface area contributed by atoms with E-state index in [1.165, 1.54) is 4.31 Å². The summed E-state index contributed by atoms with van der Waals surface area (Å²) in [6.07, 6.45) is -4.32. The summed E-state index contributed by atoms with van der Waals surface area (Å²) in [4.78, 5) is 12.4. The molecule has 0 amide bonds. The van der Waals surface area contributed by atoms with Crippen LogP contribution in [-0.4, -0.2) is 40.2 Å². The van der Waals surface area contributed by atoms with Gasteiger partial charge in [-0.1, -0.05) is 17.7 Å². The van der Waals surface area contributed by atoms with E-state index in [2.05, 4.69) is 5.10 Å². The Kier molecular flexibility index (Phi) is 5.17. The first-order valence-corrected chi connectivity index (χ1v) is 10.2. The lowest BCUT2D eigenvalue weighted by Gasteiger charge is -2.31. The zero-order valence-corrected chi connectivity index (χ0v) is 16.5. The number of aryl methyl sites for hydroxylation is 2. The van der Waals surface area contributed by atoms with Crippen molar-refractivity contribution in [2.24, 2.45) is 7.05 Å². The number of aromatic nitrogens is 3. The van der Waals surface area contributed by atoms with Crippen molar-refractivity contribution < 1.29 is 21.6 Å². The maximum Gasteiger partial charge on any atom is 0.451 e. The van der Waals surface area contributed by atoms with E-state index in [-0.39, 0.29) is 30.8 Å². The van der Waals surface area contributed by atoms with Crippen LogP contribution in [0.15, 0.2) is 27.9 Å². The van der Waals surface area contributed by atoms with E-state index >= 15 is 0 Å². The Labute approximate surface area is 160 Å². The molecule has 1 fully saturated rings. The SMILES string of the molecule is Cc1ccc(S(=O)(=O)N2CCC(n3nc(C(F)(F)F)n(C)c3=O)CC2)c(C)c1. The molecule has 11 heteroatoms. The molecule has 0 bridgehead atoms. The average Bonchev–Trinajstić information content (AvgIpc) is 2.90. The molecule has 1 aromatic heterocycles. The summed E-state index contributed by atoms with van der Waals surface area (Å²) in [6.45, 7) is 3.79. The van der Waals surface area contributed by atoms with Gasteiger partial charge in [-0.15, -0.1) is 5.10 Å². The van der Waals surface area contributed by atoms with E-state index in [1.54, 1.807) is 25.1 Å². The van der Waals surface area contributed by atoms with Gasteiger partial charge in [-0.05, 0) is 38.3 Å². The maximum absolute atomic E-state index is 13.0. The molecule has 2 heterocycles. The van der Waals surface area contributed by atoms with E-state index in [0.29, 0.717) is 10.1 Å². The van der Waals surface area contributed by atoms with Gasteiger partial charge in [-0.3, -0.25) is 4.57 Å². The topological polar surface area (TPSA) is 77.2 Å². The minimum Gasteiger partial charge on any atom is -0.274 e. The van der Waals surface area contributed by atoms with Crippen molar-refractivity contribution in [3.8, 4) is 0 Å². The van der Waals surface area contributed by atoms with Gasteiger partial charge in [-0.25, -0.2) is 17.9 Å². The molecule has 0 spiro atoms. The third-order valence-electron chi connectivity index (χ3n) is 4.97. The summed E-state index contributed by atoms with van der Waals surface area (Å²) in [5, 5.41) is 3.45. The molecule has 154 valence electrons. The number of nitrogens with zero attached hydrogens (tertiary/aromatic N) is 4. The highest BCUT2D eigenvalue weighted by molar-refractivity contribution is 7.89. The third kappa shape index (κ3) is 3.60. The van der Waals surface area contributed by atoms with Gasteiger partial charge in [0.1, 0.15) is 0 Å². The zero-order chi connectivity index (χ0) is 20.9. The molecule has 0 atom stereocenters. The highest BCUT2D eigenvalue weighted by Gasteiger charge is 2.39. The Hall–Kier alpha value is -2.14. The summed E-state index contributed by atoms with van der Waals surface area (Å²) in [6, 6.07) is 4.48. The minimum absolute atomic E-state index is 0.102. The predicted molar refractivity (Wildman–Crippen MR) is 95.4 cm³/mol. The molecule has 0 unspecified atom stereocenters. The van der Waals surface area contributed by atoms with Gasteiger partial charge in [0.25, 0.3) is 0 Å². The summed E-state index contributed by atoms with van der Waals surface area (Å²) in [5.41, 5.74) is 0.728. The van der Waals surface area contributed by atoms with Crippen LogP contribution in [0.1, 0.15) is 35.8 Å². The molecular weight excluding hydrogens is 397 g/mol. The van der Waals surface area contributed by atoms with Crippen LogP contribution in [0, 0.1) is 13.8 Å². The van der Waals surface area contributed by atoms with Crippen molar-refractivity contribution in [2.75, 3.05) is 13.1 Å². The molecule has 1 aliphatic heterocycles. The Balaban J connectivity index is 1.81. The van der Waals surface area contributed by atoms with Crippen LogP contribution in [0.3, 0.4) is 0 Å². The molecule has 7 nitrogen and oxygen atoms in total. The zero-order valence-electron chi connectivity index (χ0n) is 15.7. The lowest BCUT2D eigenvalue weighted by molar-refractivity contribution is -0.147. The van der Waals surface area contributed by atoms with Crippen molar-refractivity contribution in [1.82, 2.24) is 18.7 Å². The smallest absolute Gasteiger partial charge is 0.274 e. The molecular formula is C17H21F3N4O3S. The van der Waals surface area contributed by atoms with Gasteiger partial charge in [0.2, 0.25) is 15.8 Å². The molecule has 0 radical (unpaired) electrons. The van der Waals surface area contributed by atoms with Crippen molar-refractivity contribution in [2.45, 2.75) is 43.8 Å². The molecule has 2 aromatic rings. The third-order valence-corrected chi connectivity index (χ3v) is 7.03. The summed E-state index contributed by atoms with van der Waals surface area (Å²) >= 11 is 0. The standard InChI is InChI=1S/C17H21F3N4O3S/c1-11-4-5-14(12(2)10-11)28(26,27)23-8-6-13(7-9-23)24-16(25)22(3)15(21-24)17(18,19)20/h4-5,10,13H,6-9H2,1-3H3. The van der Waals surface area contributed by atoms with Crippen molar-refractivity contribution >= 4 is 10.0 Å². The molecule has 0 aliphatic carbocycles. The highest BCUT2D eigenvalue weighted by Crippen LogP contribution is 2.30. The second-order valence-corrected chi connectivity index (χ2v) is 8.92. The Morgan fingerprint density at radius 1 is 1.14 bits per heavy atom. The normalized spacial score (nSPS) is 17.2. The molecule has 1 aliphatic rings. The van der Waals surface area contributed by atoms with Crippen LogP contribution >= 0.6 is 0 Å². The van der Waals surface area contributed by atoms with Gasteiger partial charge in [0.15, 0.2) is 0 Å². The fourth-order valence-electron chi connectivity index (χ4n) is 3.50. The quantitative estimate of drug-likeness (QED) is 0.766. The summed E-state index contributed by atoms with van der Waals surface area (Å²) in [5.74, 6) is -1.26. The number of halogens is 3. The van der Waals surface area contributed by atoms with Crippen LogP contribution in [0.25, 0.3) is 0 Å². The van der Waals surface area contributed by atoms with Crippen molar-refractivity contribution in [3.05, 3.63) is 45.6 Å². The number of sulfonamides is 1. The number of alkyl halides is 3. The second-order valence-electron chi connectivity index (χ2n) is 7.01. The molecule has 1 saturated heterocycles. The van der Waals surface area contributed by atoms with Crippen LogP contribution in [0.4, 0.5) is 13.2 Å². The fraction of sp³-hybridized carbons (Fsp3) is 0.529. The molecule has 0 N–H and O–H groups in total. The first-order valence-electron chi connectivity index (χ1n) is 8.73. The fourth-order valence-corrected chi connectivity index (χ4v) is 5.17. The van der Waals surface area contributed by atoms with Crippen LogP contribution in [0.2, 0.25) is 0 Å². The largest absolute Gasteiger partial charge is 0.451 e.